The van der Waals surface area contributed by atoms with Gasteiger partial charge in [-0.25, -0.2) is 23.1 Å². The van der Waals surface area contributed by atoms with Crippen LogP contribution in [-0.2, 0) is 6.54 Å². The highest BCUT2D eigenvalue weighted by atomic mass is 19.2. The highest BCUT2D eigenvalue weighted by Gasteiger charge is 2.15. The number of hydrogen-bond donors (Lipinski definition) is 2. The number of aryl methyl sites for hydroxylation is 1. The van der Waals surface area contributed by atoms with Crippen molar-refractivity contribution in [3.63, 3.8) is 0 Å². The summed E-state index contributed by atoms with van der Waals surface area (Å²) < 4.78 is 51.0. The highest BCUT2D eigenvalue weighted by molar-refractivity contribution is 5.60. The lowest BCUT2D eigenvalue weighted by molar-refractivity contribution is 0.174. The van der Waals surface area contributed by atoms with Crippen LogP contribution in [0.25, 0.3) is 0 Å². The van der Waals surface area contributed by atoms with Gasteiger partial charge >= 0.3 is 0 Å². The first kappa shape index (κ1) is 17.9. The molecule has 1 aliphatic rings. The molecule has 144 valence electrons. The van der Waals surface area contributed by atoms with Gasteiger partial charge < -0.3 is 20.1 Å². The molecule has 0 amide bonds. The number of fused-ring (bicyclic) bond motifs is 1. The summed E-state index contributed by atoms with van der Waals surface area (Å²) in [5, 5.41) is 5.78. The van der Waals surface area contributed by atoms with E-state index in [9.17, 15) is 13.2 Å². The predicted octanol–water partition coefficient (Wildman–Crippen LogP) is 4.29. The largest absolute Gasteiger partial charge is 0.454 e. The smallest absolute Gasteiger partial charge is 0.231 e. The second kappa shape index (κ2) is 7.26. The van der Waals surface area contributed by atoms with E-state index in [2.05, 4.69) is 20.6 Å². The maximum absolute atomic E-state index is 13.9. The zero-order valence-electron chi connectivity index (χ0n) is 14.7. The molecular formula is C19H15F3N4O2. The average molecular weight is 388 g/mol. The van der Waals surface area contributed by atoms with Crippen LogP contribution in [-0.4, -0.2) is 16.8 Å². The molecule has 9 heteroatoms. The summed E-state index contributed by atoms with van der Waals surface area (Å²) in [4.78, 5) is 8.41. The van der Waals surface area contributed by atoms with Crippen LogP contribution in [0.3, 0.4) is 0 Å². The van der Waals surface area contributed by atoms with Crippen molar-refractivity contribution in [2.45, 2.75) is 13.5 Å². The van der Waals surface area contributed by atoms with Gasteiger partial charge in [0.25, 0.3) is 0 Å². The second-order valence-corrected chi connectivity index (χ2v) is 6.07. The number of hydrogen-bond acceptors (Lipinski definition) is 6. The molecule has 0 saturated heterocycles. The Morgan fingerprint density at radius 1 is 0.929 bits per heavy atom. The Morgan fingerprint density at radius 3 is 2.57 bits per heavy atom. The lowest BCUT2D eigenvalue weighted by Gasteiger charge is -2.11. The number of anilines is 3. The van der Waals surface area contributed by atoms with Crippen LogP contribution in [0.15, 0.2) is 36.4 Å². The maximum atomic E-state index is 13.9. The molecule has 0 spiro atoms. The Balaban J connectivity index is 1.50. The molecule has 0 aliphatic carbocycles. The summed E-state index contributed by atoms with van der Waals surface area (Å²) in [6.07, 6.45) is 0. The van der Waals surface area contributed by atoms with Crippen molar-refractivity contribution < 1.29 is 22.6 Å². The predicted molar refractivity (Wildman–Crippen MR) is 96.3 cm³/mol. The minimum Gasteiger partial charge on any atom is -0.454 e. The molecule has 0 bridgehead atoms. The molecular weight excluding hydrogens is 373 g/mol. The van der Waals surface area contributed by atoms with Crippen LogP contribution in [0.5, 0.6) is 11.5 Å². The number of halogens is 3. The number of ether oxygens (including phenoxy) is 2. The zero-order chi connectivity index (χ0) is 19.7. The minimum absolute atomic E-state index is 0.201. The number of nitrogens with one attached hydrogen (secondary N) is 2. The molecule has 1 aliphatic heterocycles. The topological polar surface area (TPSA) is 68.3 Å². The molecule has 0 fully saturated rings. The van der Waals surface area contributed by atoms with E-state index in [0.717, 1.165) is 17.7 Å². The van der Waals surface area contributed by atoms with Gasteiger partial charge in [0, 0.05) is 12.6 Å². The summed E-state index contributed by atoms with van der Waals surface area (Å²) in [6, 6.07) is 9.06. The van der Waals surface area contributed by atoms with Crippen molar-refractivity contribution in [1.29, 1.82) is 0 Å². The average Bonchev–Trinajstić information content (AvgIpc) is 3.14. The molecule has 0 saturated carbocycles. The molecule has 2 heterocycles. The van der Waals surface area contributed by atoms with E-state index in [1.54, 1.807) is 13.0 Å². The first-order valence-electron chi connectivity index (χ1n) is 8.38. The van der Waals surface area contributed by atoms with E-state index in [4.69, 9.17) is 9.47 Å². The van der Waals surface area contributed by atoms with Crippen molar-refractivity contribution in [3.05, 3.63) is 65.2 Å². The van der Waals surface area contributed by atoms with Gasteiger partial charge in [-0.3, -0.25) is 0 Å². The van der Waals surface area contributed by atoms with Crippen molar-refractivity contribution in [2.24, 2.45) is 0 Å². The van der Waals surface area contributed by atoms with Crippen molar-refractivity contribution >= 4 is 17.3 Å². The number of aromatic nitrogens is 2. The second-order valence-electron chi connectivity index (χ2n) is 6.07. The third kappa shape index (κ3) is 3.64. The van der Waals surface area contributed by atoms with Crippen molar-refractivity contribution in [3.8, 4) is 11.5 Å². The molecule has 1 aromatic heterocycles. The fraction of sp³-hybridized carbons (Fsp3) is 0.158. The van der Waals surface area contributed by atoms with Crippen LogP contribution >= 0.6 is 0 Å². The Kier molecular flexibility index (Phi) is 4.64. The summed E-state index contributed by atoms with van der Waals surface area (Å²) in [7, 11) is 0. The molecule has 0 unspecified atom stereocenters. The molecule has 0 radical (unpaired) electrons. The summed E-state index contributed by atoms with van der Waals surface area (Å²) in [6.45, 7) is 2.32. The summed E-state index contributed by atoms with van der Waals surface area (Å²) in [5.74, 6) is -1.60. The Morgan fingerprint density at radius 2 is 1.71 bits per heavy atom. The molecule has 28 heavy (non-hydrogen) atoms. The molecule has 0 atom stereocenters. The molecule has 6 nitrogen and oxygen atoms in total. The Bertz CT molecular complexity index is 1050. The van der Waals surface area contributed by atoms with E-state index in [0.29, 0.717) is 29.7 Å². The standard InChI is InChI=1S/C19H15F3N4O2/c1-10-24-16(23-8-11-2-5-14-15(6-11)28-9-27-14)7-17(25-10)26-13-4-3-12(20)18(21)19(13)22/h2-7H,8-9H2,1H3,(H2,23,24,25,26). The number of nitrogens with zero attached hydrogens (tertiary/aromatic N) is 2. The first-order valence-corrected chi connectivity index (χ1v) is 8.38. The fourth-order valence-electron chi connectivity index (χ4n) is 2.73. The van der Waals surface area contributed by atoms with Crippen LogP contribution in [0.4, 0.5) is 30.5 Å². The summed E-state index contributed by atoms with van der Waals surface area (Å²) >= 11 is 0. The van der Waals surface area contributed by atoms with E-state index in [1.165, 1.54) is 0 Å². The third-order valence-corrected chi connectivity index (χ3v) is 4.05. The first-order chi connectivity index (χ1) is 13.5. The molecule has 4 rings (SSSR count). The highest BCUT2D eigenvalue weighted by Crippen LogP contribution is 2.32. The van der Waals surface area contributed by atoms with Gasteiger partial charge in [0.15, 0.2) is 29.0 Å². The summed E-state index contributed by atoms with van der Waals surface area (Å²) in [5.41, 5.74) is 0.723. The Labute approximate surface area is 158 Å². The SMILES string of the molecule is Cc1nc(NCc2ccc3c(c2)OCO3)cc(Nc2ccc(F)c(F)c2F)n1. The van der Waals surface area contributed by atoms with Gasteiger partial charge in [-0.15, -0.1) is 0 Å². The van der Waals surface area contributed by atoms with Crippen LogP contribution in [0, 0.1) is 24.4 Å². The zero-order valence-corrected chi connectivity index (χ0v) is 14.7. The Hall–Kier alpha value is -3.49. The van der Waals surface area contributed by atoms with Gasteiger partial charge in [0.2, 0.25) is 6.79 Å². The van der Waals surface area contributed by atoms with Crippen LogP contribution < -0.4 is 20.1 Å². The number of rotatable bonds is 5. The third-order valence-electron chi connectivity index (χ3n) is 4.05. The van der Waals surface area contributed by atoms with Crippen LogP contribution in [0.2, 0.25) is 0 Å². The van der Waals surface area contributed by atoms with Crippen LogP contribution in [0.1, 0.15) is 11.4 Å². The molecule has 3 aromatic rings. The van der Waals surface area contributed by atoms with E-state index in [1.807, 2.05) is 18.2 Å². The van der Waals surface area contributed by atoms with Gasteiger partial charge in [-0.1, -0.05) is 6.07 Å². The van der Waals surface area contributed by atoms with Gasteiger partial charge in [0.05, 0.1) is 5.69 Å². The monoisotopic (exact) mass is 388 g/mol. The van der Waals surface area contributed by atoms with Crippen molar-refractivity contribution in [2.75, 3.05) is 17.4 Å². The quantitative estimate of drug-likeness (QED) is 0.636. The lowest BCUT2D eigenvalue weighted by atomic mass is 10.2. The normalized spacial score (nSPS) is 12.1. The number of benzene rings is 2. The van der Waals surface area contributed by atoms with E-state index < -0.39 is 17.5 Å². The van der Waals surface area contributed by atoms with Gasteiger partial charge in [-0.05, 0) is 36.8 Å². The van der Waals surface area contributed by atoms with E-state index in [-0.39, 0.29) is 18.3 Å². The maximum Gasteiger partial charge on any atom is 0.231 e. The van der Waals surface area contributed by atoms with Crippen molar-refractivity contribution in [1.82, 2.24) is 9.97 Å². The van der Waals surface area contributed by atoms with E-state index >= 15 is 0 Å². The van der Waals surface area contributed by atoms with Gasteiger partial charge in [0.1, 0.15) is 17.5 Å². The molecule has 2 aromatic carbocycles. The molecule has 2 N–H and O–H groups in total. The van der Waals surface area contributed by atoms with Gasteiger partial charge in [-0.2, -0.15) is 0 Å². The minimum atomic E-state index is -1.54. The fourth-order valence-corrected chi connectivity index (χ4v) is 2.73. The lowest BCUT2D eigenvalue weighted by Crippen LogP contribution is -2.06.